The minimum atomic E-state index is -0.957. The van der Waals surface area contributed by atoms with E-state index in [-0.39, 0.29) is 5.56 Å². The number of fused-ring (bicyclic) bond motifs is 1. The zero-order chi connectivity index (χ0) is 14.1. The van der Waals surface area contributed by atoms with Crippen molar-refractivity contribution in [3.8, 4) is 17.0 Å². The molecule has 0 saturated heterocycles. The standard InChI is InChI=1S/C15H12N2O3/c1-20-12-4-2-10(3-5-12)13-9-16-14-8-11(15(18)19)6-7-17(13)14/h2-9H,1H3,(H,18,19). The number of benzene rings is 1. The summed E-state index contributed by atoms with van der Waals surface area (Å²) in [5.41, 5.74) is 2.72. The maximum atomic E-state index is 10.9. The number of aromatic carboxylic acids is 1. The SMILES string of the molecule is COc1ccc(-c2cnc3cc(C(=O)O)ccn23)cc1. The van der Waals surface area contributed by atoms with Crippen LogP contribution in [0.5, 0.6) is 5.75 Å². The maximum Gasteiger partial charge on any atom is 0.335 e. The molecule has 0 radical (unpaired) electrons. The van der Waals surface area contributed by atoms with E-state index in [4.69, 9.17) is 9.84 Å². The van der Waals surface area contributed by atoms with Crippen LogP contribution in [-0.4, -0.2) is 27.6 Å². The van der Waals surface area contributed by atoms with Crippen molar-refractivity contribution in [2.24, 2.45) is 0 Å². The molecular formula is C15H12N2O3. The number of carboxylic acid groups (broad SMARTS) is 1. The predicted octanol–water partition coefficient (Wildman–Crippen LogP) is 2.71. The van der Waals surface area contributed by atoms with Gasteiger partial charge >= 0.3 is 5.97 Å². The van der Waals surface area contributed by atoms with Gasteiger partial charge in [0.1, 0.15) is 11.4 Å². The minimum absolute atomic E-state index is 0.226. The van der Waals surface area contributed by atoms with Gasteiger partial charge in [-0.2, -0.15) is 0 Å². The molecule has 0 fully saturated rings. The Balaban J connectivity index is 2.09. The van der Waals surface area contributed by atoms with Crippen LogP contribution in [0.4, 0.5) is 0 Å². The van der Waals surface area contributed by atoms with Gasteiger partial charge in [-0.1, -0.05) is 0 Å². The Bertz CT molecular complexity index is 775. The predicted molar refractivity (Wildman–Crippen MR) is 74.1 cm³/mol. The average molecular weight is 268 g/mol. The van der Waals surface area contributed by atoms with E-state index < -0.39 is 5.97 Å². The Labute approximate surface area is 115 Å². The number of nitrogens with zero attached hydrogens (tertiary/aromatic N) is 2. The first-order chi connectivity index (χ1) is 9.69. The number of pyridine rings is 1. The van der Waals surface area contributed by atoms with Crippen LogP contribution in [-0.2, 0) is 0 Å². The number of carboxylic acids is 1. The molecule has 3 rings (SSSR count). The first kappa shape index (κ1) is 12.2. The van der Waals surface area contributed by atoms with Crippen LogP contribution < -0.4 is 4.74 Å². The van der Waals surface area contributed by atoms with Gasteiger partial charge in [-0.3, -0.25) is 4.40 Å². The fourth-order valence-corrected chi connectivity index (χ4v) is 2.09. The molecule has 0 aliphatic heterocycles. The fraction of sp³-hybridized carbons (Fsp3) is 0.0667. The van der Waals surface area contributed by atoms with Gasteiger partial charge in [0.05, 0.1) is 24.6 Å². The first-order valence-electron chi connectivity index (χ1n) is 6.04. The molecule has 0 saturated carbocycles. The highest BCUT2D eigenvalue weighted by Gasteiger charge is 2.09. The molecule has 0 bridgehead atoms. The molecule has 0 spiro atoms. The highest BCUT2D eigenvalue weighted by atomic mass is 16.5. The number of methoxy groups -OCH3 is 1. The van der Waals surface area contributed by atoms with Crippen molar-refractivity contribution in [2.45, 2.75) is 0 Å². The van der Waals surface area contributed by atoms with Crippen molar-refractivity contribution in [1.29, 1.82) is 0 Å². The third-order valence-corrected chi connectivity index (χ3v) is 3.15. The van der Waals surface area contributed by atoms with Crippen LogP contribution in [0.3, 0.4) is 0 Å². The first-order valence-corrected chi connectivity index (χ1v) is 6.04. The summed E-state index contributed by atoms with van der Waals surface area (Å²) in [4.78, 5) is 15.2. The smallest absolute Gasteiger partial charge is 0.335 e. The second kappa shape index (κ2) is 4.70. The molecule has 2 heterocycles. The highest BCUT2D eigenvalue weighted by Crippen LogP contribution is 2.23. The maximum absolute atomic E-state index is 10.9. The number of carbonyl (C=O) groups is 1. The van der Waals surface area contributed by atoms with E-state index in [9.17, 15) is 4.79 Å². The van der Waals surface area contributed by atoms with Crippen molar-refractivity contribution >= 4 is 11.6 Å². The fourth-order valence-electron chi connectivity index (χ4n) is 2.09. The Morgan fingerprint density at radius 3 is 2.65 bits per heavy atom. The monoisotopic (exact) mass is 268 g/mol. The van der Waals surface area contributed by atoms with Gasteiger partial charge in [0.25, 0.3) is 0 Å². The molecule has 3 aromatic rings. The van der Waals surface area contributed by atoms with E-state index in [0.717, 1.165) is 17.0 Å². The van der Waals surface area contributed by atoms with Crippen LogP contribution in [0, 0.1) is 0 Å². The van der Waals surface area contributed by atoms with Gasteiger partial charge in [0.2, 0.25) is 0 Å². The lowest BCUT2D eigenvalue weighted by molar-refractivity contribution is 0.0697. The van der Waals surface area contributed by atoms with E-state index in [1.165, 1.54) is 0 Å². The summed E-state index contributed by atoms with van der Waals surface area (Å²) in [7, 11) is 1.62. The Morgan fingerprint density at radius 1 is 1.25 bits per heavy atom. The molecule has 0 unspecified atom stereocenters. The number of ether oxygens (including phenoxy) is 1. The van der Waals surface area contributed by atoms with Gasteiger partial charge in [0.15, 0.2) is 0 Å². The topological polar surface area (TPSA) is 63.8 Å². The van der Waals surface area contributed by atoms with Gasteiger partial charge in [-0.15, -0.1) is 0 Å². The Hall–Kier alpha value is -2.82. The molecule has 100 valence electrons. The Kier molecular flexibility index (Phi) is 2.87. The third-order valence-electron chi connectivity index (χ3n) is 3.15. The minimum Gasteiger partial charge on any atom is -0.497 e. The van der Waals surface area contributed by atoms with E-state index >= 15 is 0 Å². The lowest BCUT2D eigenvalue weighted by Gasteiger charge is -2.04. The van der Waals surface area contributed by atoms with Crippen molar-refractivity contribution in [3.05, 3.63) is 54.4 Å². The highest BCUT2D eigenvalue weighted by molar-refractivity contribution is 5.88. The summed E-state index contributed by atoms with van der Waals surface area (Å²) in [5.74, 6) is -0.169. The van der Waals surface area contributed by atoms with Crippen molar-refractivity contribution in [1.82, 2.24) is 9.38 Å². The van der Waals surface area contributed by atoms with Crippen LogP contribution in [0.15, 0.2) is 48.8 Å². The van der Waals surface area contributed by atoms with Gasteiger partial charge < -0.3 is 9.84 Å². The summed E-state index contributed by atoms with van der Waals surface area (Å²) < 4.78 is 6.98. The molecule has 1 N–H and O–H groups in total. The number of hydrogen-bond acceptors (Lipinski definition) is 3. The third kappa shape index (κ3) is 1.99. The van der Waals surface area contributed by atoms with Crippen LogP contribution in [0.2, 0.25) is 0 Å². The molecular weight excluding hydrogens is 256 g/mol. The summed E-state index contributed by atoms with van der Waals surface area (Å²) in [6.07, 6.45) is 3.44. The molecule has 0 atom stereocenters. The van der Waals surface area contributed by atoms with Crippen LogP contribution in [0.1, 0.15) is 10.4 Å². The van der Waals surface area contributed by atoms with Crippen molar-refractivity contribution in [3.63, 3.8) is 0 Å². The number of aromatic nitrogens is 2. The second-order valence-electron chi connectivity index (χ2n) is 4.32. The summed E-state index contributed by atoms with van der Waals surface area (Å²) in [6.45, 7) is 0. The quantitative estimate of drug-likeness (QED) is 0.793. The van der Waals surface area contributed by atoms with E-state index in [0.29, 0.717) is 5.65 Å². The zero-order valence-corrected chi connectivity index (χ0v) is 10.8. The molecule has 0 aliphatic carbocycles. The van der Waals surface area contributed by atoms with Crippen LogP contribution in [0.25, 0.3) is 16.9 Å². The summed E-state index contributed by atoms with van der Waals surface area (Å²) >= 11 is 0. The number of imidazole rings is 1. The lowest BCUT2D eigenvalue weighted by atomic mass is 10.1. The molecule has 5 nitrogen and oxygen atoms in total. The largest absolute Gasteiger partial charge is 0.497 e. The van der Waals surface area contributed by atoms with Crippen molar-refractivity contribution < 1.29 is 14.6 Å². The van der Waals surface area contributed by atoms with Crippen molar-refractivity contribution in [2.75, 3.05) is 7.11 Å². The molecule has 0 amide bonds. The average Bonchev–Trinajstić information content (AvgIpc) is 2.90. The van der Waals surface area contributed by atoms with E-state index in [1.54, 1.807) is 31.6 Å². The van der Waals surface area contributed by atoms with E-state index in [1.807, 2.05) is 28.7 Å². The van der Waals surface area contributed by atoms with Gasteiger partial charge in [-0.25, -0.2) is 9.78 Å². The van der Waals surface area contributed by atoms with Gasteiger partial charge in [-0.05, 0) is 36.4 Å². The second-order valence-corrected chi connectivity index (χ2v) is 4.32. The summed E-state index contributed by atoms with van der Waals surface area (Å²) in [6, 6.07) is 10.7. The molecule has 1 aromatic carbocycles. The number of hydrogen-bond donors (Lipinski definition) is 1. The summed E-state index contributed by atoms with van der Waals surface area (Å²) in [5, 5.41) is 8.97. The number of rotatable bonds is 3. The van der Waals surface area contributed by atoms with E-state index in [2.05, 4.69) is 4.98 Å². The molecule has 2 aromatic heterocycles. The van der Waals surface area contributed by atoms with Crippen LogP contribution >= 0.6 is 0 Å². The lowest BCUT2D eigenvalue weighted by Crippen LogP contribution is -1.98. The molecule has 5 heteroatoms. The van der Waals surface area contributed by atoms with Gasteiger partial charge in [0, 0.05) is 11.8 Å². The molecule has 0 aliphatic rings. The normalized spacial score (nSPS) is 10.7. The zero-order valence-electron chi connectivity index (χ0n) is 10.8. The molecule has 20 heavy (non-hydrogen) atoms. The Morgan fingerprint density at radius 2 is 2.00 bits per heavy atom.